The molecule has 22 heavy (non-hydrogen) atoms. The van der Waals surface area contributed by atoms with Crippen molar-refractivity contribution in [3.8, 4) is 11.1 Å². The zero-order chi connectivity index (χ0) is 16.2. The molecule has 0 aromatic heterocycles. The van der Waals surface area contributed by atoms with Crippen molar-refractivity contribution in [2.75, 3.05) is 6.54 Å². The van der Waals surface area contributed by atoms with Crippen LogP contribution in [0.25, 0.3) is 16.7 Å². The van der Waals surface area contributed by atoms with Crippen molar-refractivity contribution in [3.63, 3.8) is 0 Å². The van der Waals surface area contributed by atoms with Crippen LogP contribution in [0.3, 0.4) is 0 Å². The van der Waals surface area contributed by atoms with Crippen LogP contribution in [0.4, 0.5) is 4.39 Å². The average molecular weight is 297 g/mol. The molecule has 0 saturated heterocycles. The fourth-order valence-electron chi connectivity index (χ4n) is 2.20. The predicted octanol–water partition coefficient (Wildman–Crippen LogP) is 5.28. The third-order valence-electron chi connectivity index (χ3n) is 3.56. The summed E-state index contributed by atoms with van der Waals surface area (Å²) in [6, 6.07) is 15.0. The molecule has 0 saturated carbocycles. The second kappa shape index (κ2) is 6.89. The summed E-state index contributed by atoms with van der Waals surface area (Å²) >= 11 is 0. The van der Waals surface area contributed by atoms with E-state index >= 15 is 0 Å². The minimum absolute atomic E-state index is 0.128. The zero-order valence-electron chi connectivity index (χ0n) is 13.8. The molecule has 116 valence electrons. The molecule has 1 nitrogen and oxygen atoms in total. The number of allylic oxidation sites excluding steroid dienone is 1. The summed E-state index contributed by atoms with van der Waals surface area (Å²) in [7, 11) is 0. The highest BCUT2D eigenvalue weighted by Gasteiger charge is 2.06. The second-order valence-corrected chi connectivity index (χ2v) is 6.60. The number of rotatable bonds is 4. The first-order chi connectivity index (χ1) is 10.3. The van der Waals surface area contributed by atoms with Gasteiger partial charge in [0.05, 0.1) is 0 Å². The lowest BCUT2D eigenvalue weighted by Crippen LogP contribution is -2.35. The summed E-state index contributed by atoms with van der Waals surface area (Å²) in [5, 5.41) is 3.45. The van der Waals surface area contributed by atoms with E-state index in [1.54, 1.807) is 12.1 Å². The number of benzene rings is 2. The van der Waals surface area contributed by atoms with Crippen molar-refractivity contribution in [2.45, 2.75) is 33.2 Å². The van der Waals surface area contributed by atoms with E-state index in [1.165, 1.54) is 23.3 Å². The van der Waals surface area contributed by atoms with Crippen LogP contribution in [0.15, 0.2) is 54.6 Å². The maximum Gasteiger partial charge on any atom is 0.123 e. The molecule has 0 unspecified atom stereocenters. The standard InChI is InChI=1S/C20H24FN/c1-15(13-14-22-20(2,3)4)16-5-7-17(8-6-16)18-9-11-19(21)12-10-18/h5-13,22H,14H2,1-4H3/b15-13-. The van der Waals surface area contributed by atoms with Gasteiger partial charge in [0.1, 0.15) is 5.82 Å². The van der Waals surface area contributed by atoms with Crippen molar-refractivity contribution < 1.29 is 4.39 Å². The molecule has 2 rings (SSSR count). The number of hydrogen-bond donors (Lipinski definition) is 1. The quantitative estimate of drug-likeness (QED) is 0.809. The van der Waals surface area contributed by atoms with Gasteiger partial charge in [-0.05, 0) is 62.1 Å². The van der Waals surface area contributed by atoms with Crippen LogP contribution in [-0.4, -0.2) is 12.1 Å². The molecular formula is C20H24FN. The Morgan fingerprint density at radius 2 is 1.45 bits per heavy atom. The second-order valence-electron chi connectivity index (χ2n) is 6.60. The minimum atomic E-state index is -0.203. The molecule has 0 atom stereocenters. The lowest BCUT2D eigenvalue weighted by atomic mass is 10.0. The molecule has 0 fully saturated rings. The van der Waals surface area contributed by atoms with Crippen LogP contribution in [0.5, 0.6) is 0 Å². The maximum atomic E-state index is 13.0. The van der Waals surface area contributed by atoms with Gasteiger partial charge in [-0.2, -0.15) is 0 Å². The Balaban J connectivity index is 2.08. The van der Waals surface area contributed by atoms with Gasteiger partial charge in [-0.1, -0.05) is 42.5 Å². The number of nitrogens with one attached hydrogen (secondary N) is 1. The van der Waals surface area contributed by atoms with Crippen LogP contribution in [-0.2, 0) is 0 Å². The van der Waals surface area contributed by atoms with Gasteiger partial charge in [-0.3, -0.25) is 0 Å². The smallest absolute Gasteiger partial charge is 0.123 e. The summed E-state index contributed by atoms with van der Waals surface area (Å²) in [4.78, 5) is 0. The van der Waals surface area contributed by atoms with Crippen LogP contribution in [0.1, 0.15) is 33.3 Å². The van der Waals surface area contributed by atoms with Gasteiger partial charge in [-0.25, -0.2) is 4.39 Å². The maximum absolute atomic E-state index is 13.0. The summed E-state index contributed by atoms with van der Waals surface area (Å²) in [6.45, 7) is 9.46. The van der Waals surface area contributed by atoms with Gasteiger partial charge < -0.3 is 5.32 Å². The predicted molar refractivity (Wildman–Crippen MR) is 93.2 cm³/mol. The van der Waals surface area contributed by atoms with Crippen molar-refractivity contribution in [2.24, 2.45) is 0 Å². The van der Waals surface area contributed by atoms with Gasteiger partial charge in [0.25, 0.3) is 0 Å². The molecule has 0 aliphatic rings. The molecule has 2 aromatic rings. The normalized spacial score (nSPS) is 12.5. The van der Waals surface area contributed by atoms with Crippen LogP contribution in [0, 0.1) is 5.82 Å². The van der Waals surface area contributed by atoms with Gasteiger partial charge >= 0.3 is 0 Å². The Kier molecular flexibility index (Phi) is 5.15. The third-order valence-corrected chi connectivity index (χ3v) is 3.56. The molecule has 2 aromatic carbocycles. The van der Waals surface area contributed by atoms with Crippen LogP contribution >= 0.6 is 0 Å². The van der Waals surface area contributed by atoms with Gasteiger partial charge in [0, 0.05) is 12.1 Å². The molecular weight excluding hydrogens is 273 g/mol. The third kappa shape index (κ3) is 4.81. The molecule has 0 radical (unpaired) electrons. The van der Waals surface area contributed by atoms with E-state index in [2.05, 4.69) is 63.4 Å². The van der Waals surface area contributed by atoms with Crippen molar-refractivity contribution in [3.05, 3.63) is 66.0 Å². The molecule has 1 N–H and O–H groups in total. The minimum Gasteiger partial charge on any atom is -0.309 e. The summed E-state index contributed by atoms with van der Waals surface area (Å²) in [5.41, 5.74) is 4.72. The Bertz CT molecular complexity index is 631. The Hall–Kier alpha value is -1.93. The molecule has 0 amide bonds. The first kappa shape index (κ1) is 16.4. The van der Waals surface area contributed by atoms with Gasteiger partial charge in [0.15, 0.2) is 0 Å². The van der Waals surface area contributed by atoms with Crippen molar-refractivity contribution in [1.82, 2.24) is 5.32 Å². The summed E-state index contributed by atoms with van der Waals surface area (Å²) in [6.07, 6.45) is 2.21. The molecule has 0 bridgehead atoms. The first-order valence-corrected chi connectivity index (χ1v) is 7.63. The summed E-state index contributed by atoms with van der Waals surface area (Å²) < 4.78 is 13.0. The van der Waals surface area contributed by atoms with Gasteiger partial charge in [0.2, 0.25) is 0 Å². The molecule has 0 spiro atoms. The highest BCUT2D eigenvalue weighted by atomic mass is 19.1. The highest BCUT2D eigenvalue weighted by Crippen LogP contribution is 2.22. The fourth-order valence-corrected chi connectivity index (χ4v) is 2.20. The zero-order valence-corrected chi connectivity index (χ0v) is 13.8. The molecule has 0 aliphatic carbocycles. The van der Waals surface area contributed by atoms with E-state index in [-0.39, 0.29) is 11.4 Å². The number of halogens is 1. The largest absolute Gasteiger partial charge is 0.309 e. The van der Waals surface area contributed by atoms with E-state index in [9.17, 15) is 4.39 Å². The van der Waals surface area contributed by atoms with E-state index in [0.717, 1.165) is 17.7 Å². The van der Waals surface area contributed by atoms with Crippen LogP contribution in [0.2, 0.25) is 0 Å². The molecule has 2 heteroatoms. The average Bonchev–Trinajstić information content (AvgIpc) is 2.47. The lowest BCUT2D eigenvalue weighted by molar-refractivity contribution is 0.449. The lowest BCUT2D eigenvalue weighted by Gasteiger charge is -2.19. The molecule has 0 aliphatic heterocycles. The fraction of sp³-hybridized carbons (Fsp3) is 0.300. The first-order valence-electron chi connectivity index (χ1n) is 7.63. The Labute approximate surface area is 132 Å². The number of hydrogen-bond acceptors (Lipinski definition) is 1. The van der Waals surface area contributed by atoms with Gasteiger partial charge in [-0.15, -0.1) is 0 Å². The monoisotopic (exact) mass is 297 g/mol. The molecule has 0 heterocycles. The van der Waals surface area contributed by atoms with E-state index in [0.29, 0.717) is 0 Å². The highest BCUT2D eigenvalue weighted by molar-refractivity contribution is 5.69. The summed E-state index contributed by atoms with van der Waals surface area (Å²) in [5.74, 6) is -0.203. The van der Waals surface area contributed by atoms with Crippen molar-refractivity contribution >= 4 is 5.57 Å². The van der Waals surface area contributed by atoms with Crippen LogP contribution < -0.4 is 5.32 Å². The van der Waals surface area contributed by atoms with E-state index in [4.69, 9.17) is 0 Å². The van der Waals surface area contributed by atoms with E-state index in [1.807, 2.05) is 0 Å². The topological polar surface area (TPSA) is 12.0 Å². The SMILES string of the molecule is C/C(=C/CNC(C)(C)C)c1ccc(-c2ccc(F)cc2)cc1. The Morgan fingerprint density at radius 3 is 1.95 bits per heavy atom. The Morgan fingerprint density at radius 1 is 0.955 bits per heavy atom. The van der Waals surface area contributed by atoms with E-state index < -0.39 is 0 Å². The van der Waals surface area contributed by atoms with Crippen molar-refractivity contribution in [1.29, 1.82) is 0 Å².